The molecule has 0 spiro atoms. The van der Waals surface area contributed by atoms with E-state index in [4.69, 9.17) is 16.9 Å². The van der Waals surface area contributed by atoms with Gasteiger partial charge in [-0.05, 0) is 18.2 Å². The summed E-state index contributed by atoms with van der Waals surface area (Å²) < 4.78 is 39.5. The van der Waals surface area contributed by atoms with Crippen LogP contribution in [-0.2, 0) is 0 Å². The third-order valence-electron chi connectivity index (χ3n) is 2.36. The van der Waals surface area contributed by atoms with Gasteiger partial charge in [0.1, 0.15) is 11.9 Å². The maximum absolute atomic E-state index is 13.5. The van der Waals surface area contributed by atoms with Gasteiger partial charge in [0.05, 0.1) is 16.9 Å². The molecule has 2 aromatic carbocycles. The number of benzene rings is 2. The molecule has 96 valence electrons. The van der Waals surface area contributed by atoms with E-state index in [0.717, 1.165) is 6.07 Å². The smallest absolute Gasteiger partial charge is 0.182 e. The predicted molar refractivity (Wildman–Crippen MR) is 65.8 cm³/mol. The number of nitriles is 1. The molecule has 2 nitrogen and oxygen atoms in total. The van der Waals surface area contributed by atoms with Crippen molar-refractivity contribution in [3.63, 3.8) is 0 Å². The van der Waals surface area contributed by atoms with Crippen LogP contribution in [-0.4, -0.2) is 0 Å². The fourth-order valence-electron chi connectivity index (χ4n) is 1.51. The Morgan fingerprint density at radius 3 is 2.47 bits per heavy atom. The Balaban J connectivity index is 2.45. The highest BCUT2D eigenvalue weighted by atomic mass is 35.5. The van der Waals surface area contributed by atoms with E-state index in [-0.39, 0.29) is 11.3 Å². The minimum absolute atomic E-state index is 0.136. The Kier molecular flexibility index (Phi) is 3.63. The van der Waals surface area contributed by atoms with Gasteiger partial charge in [-0.2, -0.15) is 5.26 Å². The predicted octanol–water partition coefficient (Wildman–Crippen LogP) is 4.37. The number of nitrogens with one attached hydrogen (secondary N) is 1. The molecule has 6 heteroatoms. The normalized spacial score (nSPS) is 10.1. The van der Waals surface area contributed by atoms with Crippen molar-refractivity contribution in [3.8, 4) is 6.07 Å². The van der Waals surface area contributed by atoms with Gasteiger partial charge in [0.15, 0.2) is 11.6 Å². The Bertz CT molecular complexity index is 680. The molecule has 0 saturated heterocycles. The molecule has 0 radical (unpaired) electrons. The maximum Gasteiger partial charge on any atom is 0.182 e. The van der Waals surface area contributed by atoms with Crippen LogP contribution in [0, 0.1) is 28.8 Å². The van der Waals surface area contributed by atoms with Gasteiger partial charge in [-0.3, -0.25) is 0 Å². The van der Waals surface area contributed by atoms with Gasteiger partial charge in [0.2, 0.25) is 0 Å². The molecular weight excluding hydrogens is 277 g/mol. The number of hydrogen-bond donors (Lipinski definition) is 1. The summed E-state index contributed by atoms with van der Waals surface area (Å²) >= 11 is 5.71. The van der Waals surface area contributed by atoms with Gasteiger partial charge in [0.25, 0.3) is 0 Å². The van der Waals surface area contributed by atoms with Gasteiger partial charge in [-0.1, -0.05) is 11.6 Å². The van der Waals surface area contributed by atoms with E-state index < -0.39 is 23.1 Å². The fraction of sp³-hybridized carbons (Fsp3) is 0. The Morgan fingerprint density at radius 1 is 1.05 bits per heavy atom. The molecule has 0 unspecified atom stereocenters. The van der Waals surface area contributed by atoms with E-state index >= 15 is 0 Å². The highest BCUT2D eigenvalue weighted by Crippen LogP contribution is 2.27. The van der Waals surface area contributed by atoms with E-state index in [0.29, 0.717) is 11.1 Å². The van der Waals surface area contributed by atoms with Crippen molar-refractivity contribution in [3.05, 3.63) is 58.4 Å². The average molecular weight is 283 g/mol. The van der Waals surface area contributed by atoms with Crippen LogP contribution in [0.5, 0.6) is 0 Å². The first kappa shape index (κ1) is 13.2. The topological polar surface area (TPSA) is 35.8 Å². The summed E-state index contributed by atoms with van der Waals surface area (Å²) in [6.45, 7) is 0. The van der Waals surface area contributed by atoms with Crippen LogP contribution in [0.4, 0.5) is 24.5 Å². The first-order chi connectivity index (χ1) is 9.01. The van der Waals surface area contributed by atoms with E-state index in [1.165, 1.54) is 18.2 Å². The van der Waals surface area contributed by atoms with Gasteiger partial charge in [-0.25, -0.2) is 13.2 Å². The SMILES string of the molecule is N#Cc1cc(Cl)ccc1Nc1cc(F)cc(F)c1F. The van der Waals surface area contributed by atoms with Gasteiger partial charge >= 0.3 is 0 Å². The lowest BCUT2D eigenvalue weighted by Crippen LogP contribution is -1.99. The molecule has 0 fully saturated rings. The molecule has 0 saturated carbocycles. The van der Waals surface area contributed by atoms with E-state index in [1.54, 1.807) is 0 Å². The molecule has 0 aliphatic rings. The molecule has 19 heavy (non-hydrogen) atoms. The van der Waals surface area contributed by atoms with Crippen LogP contribution >= 0.6 is 11.6 Å². The summed E-state index contributed by atoms with van der Waals surface area (Å²) in [5.41, 5.74) is -0.0521. The third kappa shape index (κ3) is 2.80. The van der Waals surface area contributed by atoms with E-state index in [2.05, 4.69) is 5.32 Å². The lowest BCUT2D eigenvalue weighted by molar-refractivity contribution is 0.498. The lowest BCUT2D eigenvalue weighted by Gasteiger charge is -2.10. The molecule has 0 heterocycles. The van der Waals surface area contributed by atoms with Crippen LogP contribution in [0.2, 0.25) is 5.02 Å². The summed E-state index contributed by atoms with van der Waals surface area (Å²) in [7, 11) is 0. The molecule has 2 rings (SSSR count). The van der Waals surface area contributed by atoms with Gasteiger partial charge in [0, 0.05) is 17.2 Å². The van der Waals surface area contributed by atoms with Crippen LogP contribution < -0.4 is 5.32 Å². The average Bonchev–Trinajstić information content (AvgIpc) is 2.37. The Labute approximate surface area is 112 Å². The largest absolute Gasteiger partial charge is 0.352 e. The van der Waals surface area contributed by atoms with E-state index in [9.17, 15) is 13.2 Å². The van der Waals surface area contributed by atoms with Crippen molar-refractivity contribution in [1.29, 1.82) is 5.26 Å². The third-order valence-corrected chi connectivity index (χ3v) is 2.60. The van der Waals surface area contributed by atoms with Gasteiger partial charge < -0.3 is 5.32 Å². The van der Waals surface area contributed by atoms with Gasteiger partial charge in [-0.15, -0.1) is 0 Å². The zero-order chi connectivity index (χ0) is 14.0. The second-order valence-electron chi connectivity index (χ2n) is 3.68. The Morgan fingerprint density at radius 2 is 1.79 bits per heavy atom. The summed E-state index contributed by atoms with van der Waals surface area (Å²) in [5.74, 6) is -3.45. The first-order valence-corrected chi connectivity index (χ1v) is 5.50. The molecule has 0 atom stereocenters. The zero-order valence-corrected chi connectivity index (χ0v) is 10.1. The lowest BCUT2D eigenvalue weighted by atomic mass is 10.2. The number of hydrogen-bond acceptors (Lipinski definition) is 2. The summed E-state index contributed by atoms with van der Waals surface area (Å²) in [4.78, 5) is 0. The maximum atomic E-state index is 13.5. The number of anilines is 2. The van der Waals surface area contributed by atoms with Crippen LogP contribution in [0.25, 0.3) is 0 Å². The molecule has 0 amide bonds. The number of rotatable bonds is 2. The van der Waals surface area contributed by atoms with E-state index in [1.807, 2.05) is 6.07 Å². The molecule has 1 N–H and O–H groups in total. The van der Waals surface area contributed by atoms with Crippen molar-refractivity contribution in [2.24, 2.45) is 0 Å². The summed E-state index contributed by atoms with van der Waals surface area (Å²) in [5, 5.41) is 11.7. The zero-order valence-electron chi connectivity index (χ0n) is 9.35. The number of halogens is 4. The van der Waals surface area contributed by atoms with Crippen molar-refractivity contribution in [1.82, 2.24) is 0 Å². The first-order valence-electron chi connectivity index (χ1n) is 5.12. The highest BCUT2D eigenvalue weighted by molar-refractivity contribution is 6.30. The molecule has 0 aromatic heterocycles. The molecule has 0 aliphatic carbocycles. The quantitative estimate of drug-likeness (QED) is 0.830. The summed E-state index contributed by atoms with van der Waals surface area (Å²) in [6, 6.07) is 7.34. The fourth-order valence-corrected chi connectivity index (χ4v) is 1.68. The number of nitrogens with zero attached hydrogens (tertiary/aromatic N) is 1. The van der Waals surface area contributed by atoms with Crippen molar-refractivity contribution < 1.29 is 13.2 Å². The second kappa shape index (κ2) is 5.21. The van der Waals surface area contributed by atoms with Crippen LogP contribution in [0.3, 0.4) is 0 Å². The molecule has 0 aliphatic heterocycles. The monoisotopic (exact) mass is 282 g/mol. The van der Waals surface area contributed by atoms with Crippen molar-refractivity contribution in [2.75, 3.05) is 5.32 Å². The van der Waals surface area contributed by atoms with Crippen molar-refractivity contribution in [2.45, 2.75) is 0 Å². The second-order valence-corrected chi connectivity index (χ2v) is 4.11. The standard InChI is InChI=1S/C13H6ClF3N2/c14-8-1-2-11(7(3-8)6-18)19-12-5-9(15)4-10(16)13(12)17/h1-5,19H. The Hall–Kier alpha value is -2.19. The molecular formula is C13H6ClF3N2. The summed E-state index contributed by atoms with van der Waals surface area (Å²) in [6.07, 6.45) is 0. The molecule has 2 aromatic rings. The molecule has 0 bridgehead atoms. The minimum atomic E-state index is -1.31. The van der Waals surface area contributed by atoms with Crippen LogP contribution in [0.15, 0.2) is 30.3 Å². The van der Waals surface area contributed by atoms with Crippen molar-refractivity contribution >= 4 is 23.0 Å². The minimum Gasteiger partial charge on any atom is -0.352 e. The highest BCUT2D eigenvalue weighted by Gasteiger charge is 2.12. The van der Waals surface area contributed by atoms with Crippen LogP contribution in [0.1, 0.15) is 5.56 Å².